The topological polar surface area (TPSA) is 62.5 Å². The van der Waals surface area contributed by atoms with Crippen LogP contribution in [0.4, 0.5) is 4.39 Å². The van der Waals surface area contributed by atoms with Crippen molar-refractivity contribution >= 4 is 41.3 Å². The lowest BCUT2D eigenvalue weighted by Crippen LogP contribution is -2.39. The average Bonchev–Trinajstić information content (AvgIpc) is 3.37. The minimum absolute atomic E-state index is 0. The van der Waals surface area contributed by atoms with Gasteiger partial charge in [0.25, 0.3) is 0 Å². The molecule has 3 rings (SSSR count). The van der Waals surface area contributed by atoms with Crippen LogP contribution in [0.25, 0.3) is 11.5 Å². The first-order valence-corrected chi connectivity index (χ1v) is 9.77. The number of guanidine groups is 1. The molecule has 0 aliphatic carbocycles. The Morgan fingerprint density at radius 1 is 1.25 bits per heavy atom. The molecular formula is C20H24FIN4OS. The van der Waals surface area contributed by atoms with Crippen LogP contribution in [0, 0.1) is 5.82 Å². The minimum Gasteiger partial charge on any atom is -0.444 e. The number of hydrogen-bond donors (Lipinski definition) is 2. The van der Waals surface area contributed by atoms with Crippen molar-refractivity contribution in [2.45, 2.75) is 19.3 Å². The molecule has 0 aliphatic heterocycles. The molecule has 0 aliphatic rings. The lowest BCUT2D eigenvalue weighted by molar-refractivity contribution is 0.571. The van der Waals surface area contributed by atoms with Crippen LogP contribution in [-0.4, -0.2) is 31.1 Å². The molecule has 2 N–H and O–H groups in total. The van der Waals surface area contributed by atoms with Gasteiger partial charge in [-0.25, -0.2) is 9.37 Å². The highest BCUT2D eigenvalue weighted by molar-refractivity contribution is 14.0. The summed E-state index contributed by atoms with van der Waals surface area (Å²) in [6.45, 7) is 3.69. The van der Waals surface area contributed by atoms with Gasteiger partial charge in [-0.1, -0.05) is 6.92 Å². The maximum absolute atomic E-state index is 13.0. The Balaban J connectivity index is 0.00000280. The zero-order valence-corrected chi connectivity index (χ0v) is 19.0. The van der Waals surface area contributed by atoms with Crippen LogP contribution in [-0.2, 0) is 6.42 Å². The SMILES string of the molecule is CN=C(NCCc1coc(-c2ccc(F)cc2)n1)NCC(C)c1ccsc1.I. The minimum atomic E-state index is -0.276. The summed E-state index contributed by atoms with van der Waals surface area (Å²) in [5.74, 6) is 1.40. The van der Waals surface area contributed by atoms with Crippen molar-refractivity contribution in [1.82, 2.24) is 15.6 Å². The van der Waals surface area contributed by atoms with Gasteiger partial charge in [-0.2, -0.15) is 11.3 Å². The predicted octanol–water partition coefficient (Wildman–Crippen LogP) is 4.67. The maximum atomic E-state index is 13.0. The van der Waals surface area contributed by atoms with E-state index in [9.17, 15) is 4.39 Å². The fourth-order valence-electron chi connectivity index (χ4n) is 2.60. The molecule has 2 aromatic heterocycles. The Kier molecular flexibility index (Phi) is 8.91. The quantitative estimate of drug-likeness (QED) is 0.273. The van der Waals surface area contributed by atoms with Crippen LogP contribution >= 0.6 is 35.3 Å². The molecule has 1 unspecified atom stereocenters. The number of thiophene rings is 1. The van der Waals surface area contributed by atoms with E-state index in [1.807, 2.05) is 0 Å². The summed E-state index contributed by atoms with van der Waals surface area (Å²) < 4.78 is 18.5. The van der Waals surface area contributed by atoms with Gasteiger partial charge in [-0.15, -0.1) is 24.0 Å². The number of rotatable bonds is 7. The van der Waals surface area contributed by atoms with Crippen LogP contribution < -0.4 is 10.6 Å². The molecule has 8 heteroatoms. The molecule has 0 radical (unpaired) electrons. The second-order valence-corrected chi connectivity index (χ2v) is 7.02. The molecule has 1 atom stereocenters. The monoisotopic (exact) mass is 514 g/mol. The molecule has 0 spiro atoms. The zero-order chi connectivity index (χ0) is 19.1. The van der Waals surface area contributed by atoms with E-state index in [0.717, 1.165) is 23.8 Å². The molecule has 2 heterocycles. The van der Waals surface area contributed by atoms with Crippen molar-refractivity contribution in [2.75, 3.05) is 20.1 Å². The molecule has 0 amide bonds. The van der Waals surface area contributed by atoms with Gasteiger partial charge >= 0.3 is 0 Å². The summed E-state index contributed by atoms with van der Waals surface area (Å²) in [4.78, 5) is 8.70. The number of aromatic nitrogens is 1. The van der Waals surface area contributed by atoms with Crippen LogP contribution in [0.3, 0.4) is 0 Å². The first-order chi connectivity index (χ1) is 13.2. The third-order valence-electron chi connectivity index (χ3n) is 4.23. The molecule has 5 nitrogen and oxygen atoms in total. The standard InChI is InChI=1S/C20H23FN4OS.HI/c1-14(16-8-10-27-13-16)11-24-20(22-2)23-9-7-18-12-26-19(25-18)15-3-5-17(21)6-4-15;/h3-6,8,10,12-14H,7,9,11H2,1-2H3,(H2,22,23,24);1H. The third kappa shape index (κ3) is 6.30. The number of halogens is 2. The molecule has 3 aromatic rings. The molecule has 150 valence electrons. The van der Waals surface area contributed by atoms with Gasteiger partial charge in [0.1, 0.15) is 12.1 Å². The van der Waals surface area contributed by atoms with E-state index in [2.05, 4.69) is 44.4 Å². The van der Waals surface area contributed by atoms with Crippen LogP contribution in [0.5, 0.6) is 0 Å². The smallest absolute Gasteiger partial charge is 0.226 e. The summed E-state index contributed by atoms with van der Waals surface area (Å²) in [6.07, 6.45) is 2.33. The Labute approximate surface area is 185 Å². The lowest BCUT2D eigenvalue weighted by Gasteiger charge is -2.15. The number of benzene rings is 1. The van der Waals surface area contributed by atoms with E-state index in [-0.39, 0.29) is 29.8 Å². The van der Waals surface area contributed by atoms with Crippen LogP contribution in [0.15, 0.2) is 56.8 Å². The molecule has 28 heavy (non-hydrogen) atoms. The van der Waals surface area contributed by atoms with Gasteiger partial charge in [0.2, 0.25) is 5.89 Å². The van der Waals surface area contributed by atoms with Gasteiger partial charge in [0.05, 0.1) is 5.69 Å². The van der Waals surface area contributed by atoms with Crippen LogP contribution in [0.1, 0.15) is 24.1 Å². The van der Waals surface area contributed by atoms with Crippen molar-refractivity contribution in [3.05, 3.63) is 64.4 Å². The second-order valence-electron chi connectivity index (χ2n) is 6.24. The Hall–Kier alpha value is -1.94. The van der Waals surface area contributed by atoms with Gasteiger partial charge in [0.15, 0.2) is 5.96 Å². The average molecular weight is 514 g/mol. The molecular weight excluding hydrogens is 490 g/mol. The fourth-order valence-corrected chi connectivity index (χ4v) is 3.38. The number of aliphatic imine (C=N–C) groups is 1. The van der Waals surface area contributed by atoms with E-state index in [0.29, 0.717) is 24.8 Å². The lowest BCUT2D eigenvalue weighted by atomic mass is 10.1. The van der Waals surface area contributed by atoms with Gasteiger partial charge < -0.3 is 15.1 Å². The summed E-state index contributed by atoms with van der Waals surface area (Å²) in [6, 6.07) is 8.25. The normalized spacial score (nSPS) is 12.3. The highest BCUT2D eigenvalue weighted by Gasteiger charge is 2.09. The summed E-state index contributed by atoms with van der Waals surface area (Å²) in [5.41, 5.74) is 2.93. The van der Waals surface area contributed by atoms with Gasteiger partial charge in [-0.3, -0.25) is 4.99 Å². The first-order valence-electron chi connectivity index (χ1n) is 8.82. The van der Waals surface area contributed by atoms with Crippen molar-refractivity contribution in [2.24, 2.45) is 4.99 Å². The molecule has 0 fully saturated rings. The Bertz CT molecular complexity index is 865. The summed E-state index contributed by atoms with van der Waals surface area (Å²) >= 11 is 1.71. The highest BCUT2D eigenvalue weighted by atomic mass is 127. The van der Waals surface area contributed by atoms with E-state index in [1.165, 1.54) is 17.7 Å². The second kappa shape index (κ2) is 11.2. The predicted molar refractivity (Wildman–Crippen MR) is 123 cm³/mol. The van der Waals surface area contributed by atoms with Crippen molar-refractivity contribution < 1.29 is 8.81 Å². The first kappa shape index (κ1) is 22.4. The Morgan fingerprint density at radius 2 is 2.04 bits per heavy atom. The number of oxazole rings is 1. The van der Waals surface area contributed by atoms with Gasteiger partial charge in [-0.05, 0) is 52.6 Å². The van der Waals surface area contributed by atoms with E-state index >= 15 is 0 Å². The fraction of sp³-hybridized carbons (Fsp3) is 0.300. The largest absolute Gasteiger partial charge is 0.444 e. The number of hydrogen-bond acceptors (Lipinski definition) is 4. The number of nitrogens with zero attached hydrogens (tertiary/aromatic N) is 2. The highest BCUT2D eigenvalue weighted by Crippen LogP contribution is 2.19. The van der Waals surface area contributed by atoms with E-state index in [1.54, 1.807) is 36.8 Å². The zero-order valence-electron chi connectivity index (χ0n) is 15.8. The molecule has 1 aromatic carbocycles. The van der Waals surface area contributed by atoms with Crippen molar-refractivity contribution in [1.29, 1.82) is 0 Å². The molecule has 0 saturated heterocycles. The Morgan fingerprint density at radius 3 is 2.71 bits per heavy atom. The van der Waals surface area contributed by atoms with E-state index < -0.39 is 0 Å². The summed E-state index contributed by atoms with van der Waals surface area (Å²) in [5, 5.41) is 10.9. The van der Waals surface area contributed by atoms with E-state index in [4.69, 9.17) is 4.42 Å². The maximum Gasteiger partial charge on any atom is 0.226 e. The third-order valence-corrected chi connectivity index (χ3v) is 4.93. The van der Waals surface area contributed by atoms with Gasteiger partial charge in [0, 0.05) is 32.1 Å². The summed E-state index contributed by atoms with van der Waals surface area (Å²) in [7, 11) is 1.76. The van der Waals surface area contributed by atoms with Crippen LogP contribution in [0.2, 0.25) is 0 Å². The number of nitrogens with one attached hydrogen (secondary N) is 2. The molecule has 0 bridgehead atoms. The van der Waals surface area contributed by atoms with Crippen molar-refractivity contribution in [3.8, 4) is 11.5 Å². The molecule has 0 saturated carbocycles. The van der Waals surface area contributed by atoms with Crippen molar-refractivity contribution in [3.63, 3.8) is 0 Å².